The predicted molar refractivity (Wildman–Crippen MR) is 80.8 cm³/mol. The molecule has 1 aliphatic heterocycles. The number of hydrogen-bond acceptors (Lipinski definition) is 2. The fourth-order valence-corrected chi connectivity index (χ4v) is 3.46. The van der Waals surface area contributed by atoms with Gasteiger partial charge in [-0.3, -0.25) is 0 Å². The molecule has 1 nitrogen and oxygen atoms in total. The molecule has 0 amide bonds. The van der Waals surface area contributed by atoms with E-state index in [2.05, 4.69) is 58.2 Å². The van der Waals surface area contributed by atoms with E-state index in [1.807, 2.05) is 0 Å². The average Bonchev–Trinajstić information content (AvgIpc) is 2.15. The maximum absolute atomic E-state index is 2.68. The van der Waals surface area contributed by atoms with E-state index in [4.69, 9.17) is 0 Å². The Hall–Kier alpha value is 0.310. The number of thioether (sulfide) groups is 1. The van der Waals surface area contributed by atoms with Crippen LogP contribution in [0.25, 0.3) is 0 Å². The summed E-state index contributed by atoms with van der Waals surface area (Å²) in [6.45, 7) is 18.2. The summed E-state index contributed by atoms with van der Waals surface area (Å²) in [4.78, 5) is 2.68. The quantitative estimate of drug-likeness (QED) is 0.748. The van der Waals surface area contributed by atoms with Crippen LogP contribution in [0.1, 0.15) is 48.0 Å². The molecule has 1 saturated heterocycles. The summed E-state index contributed by atoms with van der Waals surface area (Å²) in [6.07, 6.45) is 1.33. The Balaban J connectivity index is 2.57. The molecule has 0 spiro atoms. The Morgan fingerprint density at radius 1 is 1.00 bits per heavy atom. The molecular weight excluding hydrogens is 226 g/mol. The van der Waals surface area contributed by atoms with Gasteiger partial charge in [0.15, 0.2) is 0 Å². The van der Waals surface area contributed by atoms with Crippen molar-refractivity contribution < 1.29 is 0 Å². The van der Waals surface area contributed by atoms with Gasteiger partial charge in [-0.25, -0.2) is 0 Å². The van der Waals surface area contributed by atoms with Crippen molar-refractivity contribution in [1.29, 1.82) is 0 Å². The zero-order chi connectivity index (χ0) is 13.1. The maximum atomic E-state index is 2.68. The van der Waals surface area contributed by atoms with Gasteiger partial charge in [0.2, 0.25) is 0 Å². The van der Waals surface area contributed by atoms with E-state index < -0.39 is 0 Å². The topological polar surface area (TPSA) is 3.24 Å². The van der Waals surface area contributed by atoms with Gasteiger partial charge in [-0.05, 0) is 23.2 Å². The summed E-state index contributed by atoms with van der Waals surface area (Å²) in [5.74, 6) is 3.46. The minimum atomic E-state index is 0.428. The normalized spacial score (nSPS) is 21.5. The second-order valence-electron chi connectivity index (χ2n) is 7.74. The van der Waals surface area contributed by atoms with Crippen LogP contribution >= 0.6 is 11.8 Å². The van der Waals surface area contributed by atoms with Gasteiger partial charge < -0.3 is 4.90 Å². The lowest BCUT2D eigenvalue weighted by Crippen LogP contribution is -2.41. The van der Waals surface area contributed by atoms with Crippen LogP contribution < -0.4 is 0 Å². The van der Waals surface area contributed by atoms with Crippen molar-refractivity contribution in [3.63, 3.8) is 0 Å². The van der Waals surface area contributed by atoms with Crippen LogP contribution in [0.5, 0.6) is 0 Å². The number of nitrogens with zero attached hydrogens (tertiary/aromatic N) is 1. The van der Waals surface area contributed by atoms with Crippen LogP contribution in [0, 0.1) is 16.7 Å². The van der Waals surface area contributed by atoms with Crippen LogP contribution in [-0.4, -0.2) is 36.0 Å². The first-order valence-electron chi connectivity index (χ1n) is 6.98. The molecule has 0 aliphatic carbocycles. The van der Waals surface area contributed by atoms with Crippen molar-refractivity contribution in [3.8, 4) is 0 Å². The summed E-state index contributed by atoms with van der Waals surface area (Å²) < 4.78 is 0. The van der Waals surface area contributed by atoms with E-state index in [1.165, 1.54) is 37.6 Å². The summed E-state index contributed by atoms with van der Waals surface area (Å²) >= 11 is 2.10. The van der Waals surface area contributed by atoms with Crippen LogP contribution in [0.15, 0.2) is 0 Å². The average molecular weight is 257 g/mol. The molecule has 17 heavy (non-hydrogen) atoms. The molecule has 1 heterocycles. The first kappa shape index (κ1) is 15.4. The highest BCUT2D eigenvalue weighted by molar-refractivity contribution is 7.99. The van der Waals surface area contributed by atoms with Gasteiger partial charge in [-0.2, -0.15) is 11.8 Å². The first-order chi connectivity index (χ1) is 7.68. The third kappa shape index (κ3) is 6.15. The second-order valence-corrected chi connectivity index (χ2v) is 8.97. The summed E-state index contributed by atoms with van der Waals surface area (Å²) in [6, 6.07) is 0. The van der Waals surface area contributed by atoms with Crippen molar-refractivity contribution >= 4 is 11.8 Å². The van der Waals surface area contributed by atoms with Gasteiger partial charge in [0.1, 0.15) is 0 Å². The summed E-state index contributed by atoms with van der Waals surface area (Å²) in [5.41, 5.74) is 0.875. The molecule has 0 aromatic rings. The highest BCUT2D eigenvalue weighted by atomic mass is 32.2. The van der Waals surface area contributed by atoms with Gasteiger partial charge in [-0.1, -0.05) is 41.5 Å². The highest BCUT2D eigenvalue weighted by Crippen LogP contribution is 2.36. The van der Waals surface area contributed by atoms with Gasteiger partial charge >= 0.3 is 0 Å². The Morgan fingerprint density at radius 3 is 1.94 bits per heavy atom. The van der Waals surface area contributed by atoms with Crippen molar-refractivity contribution in [2.24, 2.45) is 16.7 Å². The van der Waals surface area contributed by atoms with Crippen LogP contribution in [0.3, 0.4) is 0 Å². The summed E-state index contributed by atoms with van der Waals surface area (Å²) in [7, 11) is 0. The summed E-state index contributed by atoms with van der Waals surface area (Å²) in [5, 5.41) is 0. The smallest absolute Gasteiger partial charge is 0.00728 e. The molecule has 2 heteroatoms. The van der Waals surface area contributed by atoms with Crippen molar-refractivity contribution in [3.05, 3.63) is 0 Å². The molecule has 1 atom stereocenters. The standard InChI is InChI=1S/C15H31NS/c1-14(2,3)11-13(15(4,5)6)12-16-7-9-17-10-8-16/h13H,7-12H2,1-6H3. The molecule has 1 unspecified atom stereocenters. The minimum Gasteiger partial charge on any atom is -0.301 e. The van der Waals surface area contributed by atoms with Gasteiger partial charge in [0.05, 0.1) is 0 Å². The molecule has 0 saturated carbocycles. The van der Waals surface area contributed by atoms with E-state index in [-0.39, 0.29) is 0 Å². The van der Waals surface area contributed by atoms with E-state index in [0.29, 0.717) is 10.8 Å². The lowest BCUT2D eigenvalue weighted by Gasteiger charge is -2.40. The Labute approximate surface area is 113 Å². The van der Waals surface area contributed by atoms with Gasteiger partial charge in [0, 0.05) is 31.1 Å². The Bertz CT molecular complexity index is 218. The highest BCUT2D eigenvalue weighted by Gasteiger charge is 2.30. The lowest BCUT2D eigenvalue weighted by molar-refractivity contribution is 0.112. The molecular formula is C15H31NS. The van der Waals surface area contributed by atoms with Crippen molar-refractivity contribution in [2.45, 2.75) is 48.0 Å². The van der Waals surface area contributed by atoms with Crippen LogP contribution in [-0.2, 0) is 0 Å². The monoisotopic (exact) mass is 257 g/mol. The molecule has 0 N–H and O–H groups in total. The molecule has 102 valence electrons. The van der Waals surface area contributed by atoms with E-state index in [9.17, 15) is 0 Å². The first-order valence-corrected chi connectivity index (χ1v) is 8.14. The predicted octanol–water partition coefficient (Wildman–Crippen LogP) is 4.13. The third-order valence-corrected chi connectivity index (χ3v) is 4.61. The zero-order valence-electron chi connectivity index (χ0n) is 12.7. The second kappa shape index (κ2) is 5.97. The SMILES string of the molecule is CC(C)(C)CC(CN1CCSCC1)C(C)(C)C. The van der Waals surface area contributed by atoms with Crippen molar-refractivity contribution in [2.75, 3.05) is 31.1 Å². The third-order valence-electron chi connectivity index (χ3n) is 3.67. The van der Waals surface area contributed by atoms with Crippen LogP contribution in [0.4, 0.5) is 0 Å². The molecule has 0 aromatic carbocycles. The Kier molecular flexibility index (Phi) is 5.39. The maximum Gasteiger partial charge on any atom is 0.00728 e. The largest absolute Gasteiger partial charge is 0.301 e. The number of rotatable bonds is 3. The number of hydrogen-bond donors (Lipinski definition) is 0. The molecule has 0 aromatic heterocycles. The molecule has 0 radical (unpaired) electrons. The van der Waals surface area contributed by atoms with E-state index >= 15 is 0 Å². The molecule has 0 bridgehead atoms. The lowest BCUT2D eigenvalue weighted by atomic mass is 9.72. The minimum absolute atomic E-state index is 0.428. The van der Waals surface area contributed by atoms with Gasteiger partial charge in [-0.15, -0.1) is 0 Å². The molecule has 1 fully saturated rings. The van der Waals surface area contributed by atoms with Crippen LogP contribution in [0.2, 0.25) is 0 Å². The zero-order valence-corrected chi connectivity index (χ0v) is 13.5. The fraction of sp³-hybridized carbons (Fsp3) is 1.00. The Morgan fingerprint density at radius 2 is 1.53 bits per heavy atom. The van der Waals surface area contributed by atoms with E-state index in [1.54, 1.807) is 0 Å². The molecule has 1 rings (SSSR count). The van der Waals surface area contributed by atoms with Gasteiger partial charge in [0.25, 0.3) is 0 Å². The fourth-order valence-electron chi connectivity index (χ4n) is 2.48. The molecule has 1 aliphatic rings. The van der Waals surface area contributed by atoms with E-state index in [0.717, 1.165) is 5.92 Å². The van der Waals surface area contributed by atoms with Crippen molar-refractivity contribution in [1.82, 2.24) is 4.90 Å².